The lowest BCUT2D eigenvalue weighted by atomic mass is 9.78. The second-order valence-corrected chi connectivity index (χ2v) is 4.45. The second-order valence-electron chi connectivity index (χ2n) is 4.45. The fourth-order valence-electron chi connectivity index (χ4n) is 2.15. The number of hydrogen-bond donors (Lipinski definition) is 2. The molecule has 17 heavy (non-hydrogen) atoms. The predicted octanol–water partition coefficient (Wildman–Crippen LogP) is 1.36. The summed E-state index contributed by atoms with van der Waals surface area (Å²) in [6.45, 7) is 1.11. The summed E-state index contributed by atoms with van der Waals surface area (Å²) in [4.78, 5) is 0. The Morgan fingerprint density at radius 3 is 2.71 bits per heavy atom. The summed E-state index contributed by atoms with van der Waals surface area (Å²) in [7, 11) is 0. The molecule has 1 aromatic carbocycles. The van der Waals surface area contributed by atoms with Gasteiger partial charge in [0.25, 0.3) is 0 Å². The molecule has 5 heteroatoms. The first-order valence-corrected chi connectivity index (χ1v) is 5.50. The molecule has 0 aromatic heterocycles. The lowest BCUT2D eigenvalue weighted by Crippen LogP contribution is -2.37. The van der Waals surface area contributed by atoms with Gasteiger partial charge in [0.15, 0.2) is 11.6 Å². The Morgan fingerprint density at radius 1 is 1.41 bits per heavy atom. The fraction of sp³-hybridized carbons (Fsp3) is 0.500. The van der Waals surface area contributed by atoms with Crippen LogP contribution in [0.5, 0.6) is 0 Å². The average Bonchev–Trinajstić information content (AvgIpc) is 2.81. The molecule has 2 rings (SSSR count). The maximum Gasteiger partial charge on any atom is 0.159 e. The van der Waals surface area contributed by atoms with Gasteiger partial charge >= 0.3 is 0 Å². The highest BCUT2D eigenvalue weighted by Crippen LogP contribution is 2.40. The highest BCUT2D eigenvalue weighted by Gasteiger charge is 2.41. The predicted molar refractivity (Wildman–Crippen MR) is 58.2 cm³/mol. The number of nitrogens with two attached hydrogens (primary N) is 1. The van der Waals surface area contributed by atoms with E-state index in [2.05, 4.69) is 0 Å². The molecule has 0 amide bonds. The van der Waals surface area contributed by atoms with Crippen molar-refractivity contribution in [2.45, 2.75) is 12.5 Å². The van der Waals surface area contributed by atoms with Crippen molar-refractivity contribution in [2.75, 3.05) is 19.8 Å². The normalized spacial score (nSPS) is 26.1. The van der Waals surface area contributed by atoms with Gasteiger partial charge in [0.05, 0.1) is 12.7 Å². The van der Waals surface area contributed by atoms with E-state index >= 15 is 0 Å². The number of ether oxygens (including phenoxy) is 1. The van der Waals surface area contributed by atoms with E-state index < -0.39 is 23.2 Å². The molecule has 2 unspecified atom stereocenters. The zero-order valence-corrected chi connectivity index (χ0v) is 9.33. The minimum Gasteiger partial charge on any atom is -0.388 e. The van der Waals surface area contributed by atoms with Crippen molar-refractivity contribution in [2.24, 2.45) is 11.1 Å². The van der Waals surface area contributed by atoms with Crippen LogP contribution in [0.2, 0.25) is 0 Å². The molecule has 1 fully saturated rings. The Kier molecular flexibility index (Phi) is 3.42. The maximum atomic E-state index is 13.1. The summed E-state index contributed by atoms with van der Waals surface area (Å²) in [5.74, 6) is -1.89. The van der Waals surface area contributed by atoms with Gasteiger partial charge in [-0.25, -0.2) is 8.78 Å². The van der Waals surface area contributed by atoms with Gasteiger partial charge in [-0.15, -0.1) is 0 Å². The molecule has 1 saturated heterocycles. The van der Waals surface area contributed by atoms with Crippen LogP contribution in [0.3, 0.4) is 0 Å². The first-order chi connectivity index (χ1) is 8.09. The van der Waals surface area contributed by atoms with Crippen LogP contribution < -0.4 is 5.73 Å². The van der Waals surface area contributed by atoms with Gasteiger partial charge in [0.2, 0.25) is 0 Å². The summed E-state index contributed by atoms with van der Waals surface area (Å²) >= 11 is 0. The van der Waals surface area contributed by atoms with E-state index in [-0.39, 0.29) is 6.54 Å². The van der Waals surface area contributed by atoms with Gasteiger partial charge in [0, 0.05) is 18.6 Å². The van der Waals surface area contributed by atoms with Crippen LogP contribution in [0, 0.1) is 17.0 Å². The summed E-state index contributed by atoms with van der Waals surface area (Å²) < 4.78 is 31.2. The lowest BCUT2D eigenvalue weighted by Gasteiger charge is -2.31. The molecule has 0 aliphatic carbocycles. The summed E-state index contributed by atoms with van der Waals surface area (Å²) in [5.41, 5.74) is 5.41. The van der Waals surface area contributed by atoms with Crippen molar-refractivity contribution in [3.05, 3.63) is 35.4 Å². The molecular weight excluding hydrogens is 228 g/mol. The highest BCUT2D eigenvalue weighted by atomic mass is 19.2. The number of benzene rings is 1. The number of aliphatic hydroxyl groups is 1. The standard InChI is InChI=1S/C12H15F2NO2/c13-9-2-1-8(5-10(9)14)11(16)12(6-15)3-4-17-7-12/h1-2,5,11,16H,3-4,6-7,15H2. The lowest BCUT2D eigenvalue weighted by molar-refractivity contribution is 0.0188. The first kappa shape index (κ1) is 12.4. The Balaban J connectivity index is 2.29. The minimum absolute atomic E-state index is 0.243. The van der Waals surface area contributed by atoms with E-state index in [9.17, 15) is 13.9 Å². The Labute approximate surface area is 98.2 Å². The molecule has 1 aliphatic heterocycles. The van der Waals surface area contributed by atoms with Gasteiger partial charge < -0.3 is 15.6 Å². The van der Waals surface area contributed by atoms with Crippen molar-refractivity contribution in [3.8, 4) is 0 Å². The van der Waals surface area contributed by atoms with Crippen LogP contribution in [0.1, 0.15) is 18.1 Å². The summed E-state index contributed by atoms with van der Waals surface area (Å²) in [6, 6.07) is 3.39. The molecule has 3 nitrogen and oxygen atoms in total. The van der Waals surface area contributed by atoms with Gasteiger partial charge in [-0.1, -0.05) is 6.07 Å². The molecule has 0 spiro atoms. The maximum absolute atomic E-state index is 13.1. The molecular formula is C12H15F2NO2. The van der Waals surface area contributed by atoms with Crippen LogP contribution in [-0.4, -0.2) is 24.9 Å². The summed E-state index contributed by atoms with van der Waals surface area (Å²) in [5, 5.41) is 10.2. The van der Waals surface area contributed by atoms with E-state index in [1.807, 2.05) is 0 Å². The molecule has 1 aliphatic rings. The van der Waals surface area contributed by atoms with Crippen LogP contribution in [0.15, 0.2) is 18.2 Å². The van der Waals surface area contributed by atoms with Crippen molar-refractivity contribution in [1.29, 1.82) is 0 Å². The van der Waals surface area contributed by atoms with E-state index in [1.54, 1.807) is 0 Å². The molecule has 1 heterocycles. The van der Waals surface area contributed by atoms with E-state index in [0.717, 1.165) is 12.1 Å². The zero-order chi connectivity index (χ0) is 12.5. The molecule has 0 saturated carbocycles. The Morgan fingerprint density at radius 2 is 2.18 bits per heavy atom. The van der Waals surface area contributed by atoms with Crippen LogP contribution in [0.25, 0.3) is 0 Å². The third-order valence-electron chi connectivity index (χ3n) is 3.38. The number of halogens is 2. The topological polar surface area (TPSA) is 55.5 Å². The van der Waals surface area contributed by atoms with Gasteiger partial charge in [-0.3, -0.25) is 0 Å². The van der Waals surface area contributed by atoms with Crippen molar-refractivity contribution in [1.82, 2.24) is 0 Å². The Bertz CT molecular complexity index is 405. The van der Waals surface area contributed by atoms with Crippen LogP contribution >= 0.6 is 0 Å². The highest BCUT2D eigenvalue weighted by molar-refractivity contribution is 5.22. The average molecular weight is 243 g/mol. The van der Waals surface area contributed by atoms with Crippen molar-refractivity contribution < 1.29 is 18.6 Å². The SMILES string of the molecule is NCC1(C(O)c2ccc(F)c(F)c2)CCOC1. The third-order valence-corrected chi connectivity index (χ3v) is 3.38. The zero-order valence-electron chi connectivity index (χ0n) is 9.33. The van der Waals surface area contributed by atoms with Gasteiger partial charge in [-0.05, 0) is 24.1 Å². The van der Waals surface area contributed by atoms with Crippen LogP contribution in [-0.2, 0) is 4.74 Å². The number of rotatable bonds is 3. The van der Waals surface area contributed by atoms with Crippen LogP contribution in [0.4, 0.5) is 8.78 Å². The van der Waals surface area contributed by atoms with E-state index in [0.29, 0.717) is 25.2 Å². The first-order valence-electron chi connectivity index (χ1n) is 5.50. The fourth-order valence-corrected chi connectivity index (χ4v) is 2.15. The monoisotopic (exact) mass is 243 g/mol. The molecule has 2 atom stereocenters. The minimum atomic E-state index is -0.965. The second kappa shape index (κ2) is 4.68. The molecule has 1 aromatic rings. The number of aliphatic hydroxyl groups excluding tert-OH is 1. The van der Waals surface area contributed by atoms with Gasteiger partial charge in [-0.2, -0.15) is 0 Å². The van der Waals surface area contributed by atoms with Crippen molar-refractivity contribution in [3.63, 3.8) is 0 Å². The van der Waals surface area contributed by atoms with Gasteiger partial charge in [0.1, 0.15) is 0 Å². The smallest absolute Gasteiger partial charge is 0.159 e. The third kappa shape index (κ3) is 2.18. The Hall–Kier alpha value is -1.04. The molecule has 0 bridgehead atoms. The molecule has 3 N–H and O–H groups in total. The summed E-state index contributed by atoms with van der Waals surface area (Å²) in [6.07, 6.45) is -0.325. The number of hydrogen-bond acceptors (Lipinski definition) is 3. The largest absolute Gasteiger partial charge is 0.388 e. The van der Waals surface area contributed by atoms with E-state index in [4.69, 9.17) is 10.5 Å². The van der Waals surface area contributed by atoms with E-state index in [1.165, 1.54) is 6.07 Å². The molecule has 94 valence electrons. The van der Waals surface area contributed by atoms with Crippen molar-refractivity contribution >= 4 is 0 Å². The quantitative estimate of drug-likeness (QED) is 0.842. The molecule has 0 radical (unpaired) electrons.